The molecule has 0 bridgehead atoms. The van der Waals surface area contributed by atoms with Crippen LogP contribution in [0.5, 0.6) is 0 Å². The Morgan fingerprint density at radius 3 is 2.82 bits per heavy atom. The van der Waals surface area contributed by atoms with Crippen molar-refractivity contribution in [2.75, 3.05) is 6.54 Å². The van der Waals surface area contributed by atoms with Gasteiger partial charge < -0.3 is 5.32 Å². The number of halogens is 1. The molecule has 0 saturated carbocycles. The molecule has 0 aliphatic heterocycles. The van der Waals surface area contributed by atoms with Crippen molar-refractivity contribution < 1.29 is 4.39 Å². The van der Waals surface area contributed by atoms with Crippen LogP contribution in [0.25, 0.3) is 10.4 Å². The molecule has 0 spiro atoms. The van der Waals surface area contributed by atoms with Gasteiger partial charge in [-0.2, -0.15) is 0 Å². The van der Waals surface area contributed by atoms with Crippen LogP contribution in [-0.2, 0) is 6.54 Å². The van der Waals surface area contributed by atoms with Crippen molar-refractivity contribution in [3.8, 4) is 10.4 Å². The van der Waals surface area contributed by atoms with E-state index in [2.05, 4.69) is 12.2 Å². The summed E-state index contributed by atoms with van der Waals surface area (Å²) in [6.07, 6.45) is 1.06. The SMILES string of the molecule is CCCNCc1ccc(-c2cccs2)cc1F. The molecule has 0 saturated heterocycles. The standard InChI is InChI=1S/C14H16FNS/c1-2-7-16-10-12-6-5-11(9-13(12)15)14-4-3-8-17-14/h3-6,8-9,16H,2,7,10H2,1H3. The van der Waals surface area contributed by atoms with Gasteiger partial charge in [-0.25, -0.2) is 4.39 Å². The second-order valence-electron chi connectivity index (χ2n) is 3.96. The van der Waals surface area contributed by atoms with E-state index >= 15 is 0 Å². The van der Waals surface area contributed by atoms with E-state index < -0.39 is 0 Å². The average Bonchev–Trinajstić information content (AvgIpc) is 2.85. The highest BCUT2D eigenvalue weighted by Crippen LogP contribution is 2.26. The molecule has 3 heteroatoms. The van der Waals surface area contributed by atoms with Crippen molar-refractivity contribution >= 4 is 11.3 Å². The van der Waals surface area contributed by atoms with Gasteiger partial charge in [-0.15, -0.1) is 11.3 Å². The number of thiophene rings is 1. The zero-order valence-electron chi connectivity index (χ0n) is 9.87. The molecule has 0 unspecified atom stereocenters. The fraction of sp³-hybridized carbons (Fsp3) is 0.286. The maximum atomic E-state index is 13.8. The van der Waals surface area contributed by atoms with Crippen molar-refractivity contribution in [1.29, 1.82) is 0 Å². The van der Waals surface area contributed by atoms with Crippen LogP contribution in [0.2, 0.25) is 0 Å². The minimum atomic E-state index is -0.125. The Balaban J connectivity index is 2.12. The van der Waals surface area contributed by atoms with Crippen LogP contribution in [0.4, 0.5) is 4.39 Å². The summed E-state index contributed by atoms with van der Waals surface area (Å²) in [6.45, 7) is 3.62. The van der Waals surface area contributed by atoms with Crippen molar-refractivity contribution in [2.45, 2.75) is 19.9 Å². The van der Waals surface area contributed by atoms with Crippen molar-refractivity contribution in [2.24, 2.45) is 0 Å². The molecule has 0 aliphatic carbocycles. The highest BCUT2D eigenvalue weighted by Gasteiger charge is 2.05. The lowest BCUT2D eigenvalue weighted by Gasteiger charge is -2.06. The van der Waals surface area contributed by atoms with Gasteiger partial charge in [0.25, 0.3) is 0 Å². The highest BCUT2D eigenvalue weighted by molar-refractivity contribution is 7.13. The molecular weight excluding hydrogens is 233 g/mol. The van der Waals surface area contributed by atoms with Gasteiger partial charge in [-0.1, -0.05) is 25.1 Å². The predicted molar refractivity (Wildman–Crippen MR) is 71.7 cm³/mol. The number of rotatable bonds is 5. The van der Waals surface area contributed by atoms with Gasteiger partial charge in [0.1, 0.15) is 5.82 Å². The first-order valence-corrected chi connectivity index (χ1v) is 6.72. The summed E-state index contributed by atoms with van der Waals surface area (Å²) < 4.78 is 13.8. The third kappa shape index (κ3) is 3.14. The summed E-state index contributed by atoms with van der Waals surface area (Å²) in [7, 11) is 0. The summed E-state index contributed by atoms with van der Waals surface area (Å²) in [5.41, 5.74) is 1.69. The number of hydrogen-bond acceptors (Lipinski definition) is 2. The highest BCUT2D eigenvalue weighted by atomic mass is 32.1. The van der Waals surface area contributed by atoms with Crippen molar-refractivity contribution in [3.63, 3.8) is 0 Å². The molecule has 17 heavy (non-hydrogen) atoms. The van der Waals surface area contributed by atoms with Crippen LogP contribution in [0, 0.1) is 5.82 Å². The predicted octanol–water partition coefficient (Wildman–Crippen LogP) is 4.05. The summed E-state index contributed by atoms with van der Waals surface area (Å²) in [5, 5.41) is 5.21. The van der Waals surface area contributed by atoms with Gasteiger partial charge in [0, 0.05) is 17.0 Å². The lowest BCUT2D eigenvalue weighted by Crippen LogP contribution is -2.14. The van der Waals surface area contributed by atoms with Gasteiger partial charge in [-0.05, 0) is 36.0 Å². The van der Waals surface area contributed by atoms with E-state index in [4.69, 9.17) is 0 Å². The van der Waals surface area contributed by atoms with Crippen LogP contribution in [0.3, 0.4) is 0 Å². The van der Waals surface area contributed by atoms with E-state index in [1.165, 1.54) is 0 Å². The minimum Gasteiger partial charge on any atom is -0.313 e. The lowest BCUT2D eigenvalue weighted by atomic mass is 10.1. The third-order valence-electron chi connectivity index (χ3n) is 2.60. The fourth-order valence-corrected chi connectivity index (χ4v) is 2.41. The zero-order valence-corrected chi connectivity index (χ0v) is 10.7. The Morgan fingerprint density at radius 2 is 2.18 bits per heavy atom. The van der Waals surface area contributed by atoms with Gasteiger partial charge >= 0.3 is 0 Å². The van der Waals surface area contributed by atoms with Gasteiger partial charge in [0.15, 0.2) is 0 Å². The monoisotopic (exact) mass is 249 g/mol. The van der Waals surface area contributed by atoms with E-state index in [1.807, 2.05) is 29.6 Å². The molecule has 2 rings (SSSR count). The molecule has 1 aromatic heterocycles. The Kier molecular flexibility index (Phi) is 4.29. The van der Waals surface area contributed by atoms with E-state index in [-0.39, 0.29) is 5.82 Å². The van der Waals surface area contributed by atoms with E-state index in [0.717, 1.165) is 29.0 Å². The topological polar surface area (TPSA) is 12.0 Å². The molecule has 0 fully saturated rings. The first-order chi connectivity index (χ1) is 8.31. The van der Waals surface area contributed by atoms with Gasteiger partial charge in [0.2, 0.25) is 0 Å². The first-order valence-electron chi connectivity index (χ1n) is 5.84. The summed E-state index contributed by atoms with van der Waals surface area (Å²) >= 11 is 1.63. The Bertz CT molecular complexity index is 465. The van der Waals surface area contributed by atoms with E-state index in [9.17, 15) is 4.39 Å². The number of benzene rings is 1. The minimum absolute atomic E-state index is 0.125. The Morgan fingerprint density at radius 1 is 1.29 bits per heavy atom. The van der Waals surface area contributed by atoms with Crippen LogP contribution in [0.1, 0.15) is 18.9 Å². The largest absolute Gasteiger partial charge is 0.313 e. The van der Waals surface area contributed by atoms with Crippen LogP contribution < -0.4 is 5.32 Å². The first kappa shape index (κ1) is 12.3. The van der Waals surface area contributed by atoms with Crippen LogP contribution >= 0.6 is 11.3 Å². The normalized spacial score (nSPS) is 10.7. The second kappa shape index (κ2) is 5.94. The summed E-state index contributed by atoms with van der Waals surface area (Å²) in [5.74, 6) is -0.125. The molecule has 0 aliphatic rings. The molecule has 0 amide bonds. The maximum Gasteiger partial charge on any atom is 0.128 e. The molecule has 0 atom stereocenters. The molecular formula is C14H16FNS. The van der Waals surface area contributed by atoms with Gasteiger partial charge in [-0.3, -0.25) is 0 Å². The smallest absolute Gasteiger partial charge is 0.128 e. The molecule has 1 nitrogen and oxygen atoms in total. The third-order valence-corrected chi connectivity index (χ3v) is 3.52. The Labute approximate surface area is 105 Å². The van der Waals surface area contributed by atoms with Crippen LogP contribution in [-0.4, -0.2) is 6.54 Å². The molecule has 2 aromatic rings. The van der Waals surface area contributed by atoms with E-state index in [1.54, 1.807) is 17.4 Å². The number of nitrogens with one attached hydrogen (secondary N) is 1. The molecule has 1 N–H and O–H groups in total. The van der Waals surface area contributed by atoms with Crippen molar-refractivity contribution in [3.05, 3.63) is 47.1 Å². The molecule has 1 heterocycles. The maximum absolute atomic E-state index is 13.8. The van der Waals surface area contributed by atoms with Crippen molar-refractivity contribution in [1.82, 2.24) is 5.32 Å². The molecule has 1 aromatic carbocycles. The molecule has 90 valence electrons. The zero-order chi connectivity index (χ0) is 12.1. The lowest BCUT2D eigenvalue weighted by molar-refractivity contribution is 0.587. The molecule has 0 radical (unpaired) electrons. The van der Waals surface area contributed by atoms with E-state index in [0.29, 0.717) is 6.54 Å². The Hall–Kier alpha value is -1.19. The summed E-state index contributed by atoms with van der Waals surface area (Å²) in [6, 6.07) is 9.46. The van der Waals surface area contributed by atoms with Gasteiger partial charge in [0.05, 0.1) is 0 Å². The fourth-order valence-electron chi connectivity index (χ4n) is 1.69. The average molecular weight is 249 g/mol. The second-order valence-corrected chi connectivity index (χ2v) is 4.91. The summed E-state index contributed by atoms with van der Waals surface area (Å²) in [4.78, 5) is 1.11. The quantitative estimate of drug-likeness (QED) is 0.788. The van der Waals surface area contributed by atoms with Crippen LogP contribution in [0.15, 0.2) is 35.7 Å². The number of hydrogen-bond donors (Lipinski definition) is 1.